The van der Waals surface area contributed by atoms with Crippen molar-refractivity contribution in [2.75, 3.05) is 6.61 Å². The Morgan fingerprint density at radius 2 is 2.06 bits per heavy atom. The van der Waals surface area contributed by atoms with E-state index in [4.69, 9.17) is 14.9 Å². The molecule has 0 amide bonds. The maximum Gasteiger partial charge on any atom is 0.129 e. The second-order valence-corrected chi connectivity index (χ2v) is 4.09. The summed E-state index contributed by atoms with van der Waals surface area (Å²) in [5, 5.41) is 0. The van der Waals surface area contributed by atoms with E-state index < -0.39 is 0 Å². The highest BCUT2D eigenvalue weighted by Crippen LogP contribution is 2.09. The van der Waals surface area contributed by atoms with Gasteiger partial charge in [-0.3, -0.25) is 0 Å². The van der Waals surface area contributed by atoms with Crippen molar-refractivity contribution in [3.8, 4) is 0 Å². The highest BCUT2D eigenvalue weighted by atomic mass is 16.5. The van der Waals surface area contributed by atoms with E-state index in [1.165, 1.54) is 25.7 Å². The molecule has 0 aromatic carbocycles. The molecule has 92 valence electrons. The molecule has 0 aliphatic heterocycles. The van der Waals surface area contributed by atoms with Crippen LogP contribution in [0.15, 0.2) is 16.7 Å². The second kappa shape index (κ2) is 8.36. The van der Waals surface area contributed by atoms with Gasteiger partial charge in [0.1, 0.15) is 12.4 Å². The van der Waals surface area contributed by atoms with Gasteiger partial charge < -0.3 is 14.9 Å². The molecule has 0 unspecified atom stereocenters. The quantitative estimate of drug-likeness (QED) is 0.656. The van der Waals surface area contributed by atoms with Gasteiger partial charge in [-0.2, -0.15) is 0 Å². The van der Waals surface area contributed by atoms with Crippen molar-refractivity contribution >= 4 is 0 Å². The lowest BCUT2D eigenvalue weighted by Gasteiger charge is -2.01. The minimum atomic E-state index is 0.528. The van der Waals surface area contributed by atoms with Gasteiger partial charge in [0.2, 0.25) is 0 Å². The fourth-order valence-electron chi connectivity index (χ4n) is 1.59. The van der Waals surface area contributed by atoms with Crippen molar-refractivity contribution in [3.05, 3.63) is 23.7 Å². The van der Waals surface area contributed by atoms with Crippen molar-refractivity contribution in [2.45, 2.75) is 52.2 Å². The van der Waals surface area contributed by atoms with E-state index in [0.717, 1.165) is 24.4 Å². The molecular formula is C13H23NO2. The summed E-state index contributed by atoms with van der Waals surface area (Å²) in [4.78, 5) is 0. The fraction of sp³-hybridized carbons (Fsp3) is 0.692. The average molecular weight is 225 g/mol. The SMILES string of the molecule is CCCCCCCOCc1cc(CN)co1. The van der Waals surface area contributed by atoms with E-state index in [1.54, 1.807) is 6.26 Å². The first kappa shape index (κ1) is 13.3. The predicted octanol–water partition coefficient (Wildman–Crippen LogP) is 3.23. The Bertz CT molecular complexity index is 271. The molecular weight excluding hydrogens is 202 g/mol. The molecule has 0 bridgehead atoms. The van der Waals surface area contributed by atoms with Gasteiger partial charge in [0.25, 0.3) is 0 Å². The standard InChI is InChI=1S/C13H23NO2/c1-2-3-4-5-6-7-15-11-13-8-12(9-14)10-16-13/h8,10H,2-7,9,11,14H2,1H3. The van der Waals surface area contributed by atoms with Crippen LogP contribution in [0.25, 0.3) is 0 Å². The molecule has 0 aliphatic carbocycles. The van der Waals surface area contributed by atoms with Crippen LogP contribution >= 0.6 is 0 Å². The third-order valence-electron chi connectivity index (χ3n) is 2.58. The Hall–Kier alpha value is -0.800. The smallest absolute Gasteiger partial charge is 0.129 e. The monoisotopic (exact) mass is 225 g/mol. The first-order chi connectivity index (χ1) is 7.86. The molecule has 0 spiro atoms. The van der Waals surface area contributed by atoms with Crippen LogP contribution in [0.2, 0.25) is 0 Å². The Morgan fingerprint density at radius 3 is 2.75 bits per heavy atom. The van der Waals surface area contributed by atoms with Crippen LogP contribution in [-0.2, 0) is 17.9 Å². The van der Waals surface area contributed by atoms with E-state index in [-0.39, 0.29) is 0 Å². The largest absolute Gasteiger partial charge is 0.467 e. The minimum absolute atomic E-state index is 0.528. The lowest BCUT2D eigenvalue weighted by molar-refractivity contribution is 0.102. The summed E-state index contributed by atoms with van der Waals surface area (Å²) in [6, 6.07) is 1.96. The first-order valence-corrected chi connectivity index (χ1v) is 6.21. The minimum Gasteiger partial charge on any atom is -0.467 e. The number of hydrogen-bond acceptors (Lipinski definition) is 3. The second-order valence-electron chi connectivity index (χ2n) is 4.09. The predicted molar refractivity (Wildman–Crippen MR) is 65.0 cm³/mol. The number of furan rings is 1. The summed E-state index contributed by atoms with van der Waals surface area (Å²) in [5.74, 6) is 0.869. The molecule has 0 saturated heterocycles. The zero-order chi connectivity index (χ0) is 11.6. The summed E-state index contributed by atoms with van der Waals surface area (Å²) in [6.45, 7) is 4.14. The van der Waals surface area contributed by atoms with Crippen molar-refractivity contribution in [3.63, 3.8) is 0 Å². The Balaban J connectivity index is 1.98. The van der Waals surface area contributed by atoms with Gasteiger partial charge in [0.15, 0.2) is 0 Å². The number of ether oxygens (including phenoxy) is 1. The van der Waals surface area contributed by atoms with E-state index in [9.17, 15) is 0 Å². The van der Waals surface area contributed by atoms with Gasteiger partial charge >= 0.3 is 0 Å². The van der Waals surface area contributed by atoms with Gasteiger partial charge in [-0.05, 0) is 12.5 Å². The zero-order valence-electron chi connectivity index (χ0n) is 10.2. The highest BCUT2D eigenvalue weighted by Gasteiger charge is 2.00. The molecule has 0 fully saturated rings. The van der Waals surface area contributed by atoms with Gasteiger partial charge in [-0.1, -0.05) is 32.6 Å². The molecule has 3 heteroatoms. The van der Waals surface area contributed by atoms with E-state index in [1.807, 2.05) is 6.07 Å². The molecule has 2 N–H and O–H groups in total. The van der Waals surface area contributed by atoms with Crippen LogP contribution < -0.4 is 5.73 Å². The lowest BCUT2D eigenvalue weighted by Crippen LogP contribution is -1.95. The molecule has 0 atom stereocenters. The van der Waals surface area contributed by atoms with E-state index >= 15 is 0 Å². The number of rotatable bonds is 9. The molecule has 0 aliphatic rings. The first-order valence-electron chi connectivity index (χ1n) is 6.21. The molecule has 1 aromatic rings. The summed E-state index contributed by atoms with van der Waals surface area (Å²) in [6.07, 6.45) is 8.04. The number of nitrogens with two attached hydrogens (primary N) is 1. The van der Waals surface area contributed by atoms with Gasteiger partial charge in [-0.15, -0.1) is 0 Å². The average Bonchev–Trinajstić information content (AvgIpc) is 2.76. The summed E-state index contributed by atoms with van der Waals surface area (Å²) < 4.78 is 10.8. The zero-order valence-corrected chi connectivity index (χ0v) is 10.2. The highest BCUT2D eigenvalue weighted by molar-refractivity contribution is 5.11. The third-order valence-corrected chi connectivity index (χ3v) is 2.58. The van der Waals surface area contributed by atoms with Gasteiger partial charge in [-0.25, -0.2) is 0 Å². The van der Waals surface area contributed by atoms with Crippen LogP contribution in [0, 0.1) is 0 Å². The number of unbranched alkanes of at least 4 members (excludes halogenated alkanes) is 4. The molecule has 0 radical (unpaired) electrons. The molecule has 3 nitrogen and oxygen atoms in total. The summed E-state index contributed by atoms with van der Waals surface area (Å²) >= 11 is 0. The Morgan fingerprint density at radius 1 is 1.25 bits per heavy atom. The molecule has 1 rings (SSSR count). The van der Waals surface area contributed by atoms with Crippen LogP contribution in [0.1, 0.15) is 50.4 Å². The van der Waals surface area contributed by atoms with E-state index in [0.29, 0.717) is 13.2 Å². The summed E-state index contributed by atoms with van der Waals surface area (Å²) in [5.41, 5.74) is 6.51. The maximum absolute atomic E-state index is 5.52. The number of hydrogen-bond donors (Lipinski definition) is 1. The molecule has 16 heavy (non-hydrogen) atoms. The van der Waals surface area contributed by atoms with E-state index in [2.05, 4.69) is 6.92 Å². The summed E-state index contributed by atoms with van der Waals surface area (Å²) in [7, 11) is 0. The maximum atomic E-state index is 5.52. The normalized spacial score (nSPS) is 10.9. The van der Waals surface area contributed by atoms with Crippen LogP contribution in [0.4, 0.5) is 0 Å². The Kier molecular flexibility index (Phi) is 6.93. The molecule has 0 saturated carbocycles. The van der Waals surface area contributed by atoms with Crippen LogP contribution in [0.3, 0.4) is 0 Å². The molecule has 1 aromatic heterocycles. The topological polar surface area (TPSA) is 48.4 Å². The van der Waals surface area contributed by atoms with Gasteiger partial charge in [0, 0.05) is 18.7 Å². The Labute approximate surface area is 98.0 Å². The molecule has 1 heterocycles. The van der Waals surface area contributed by atoms with Crippen molar-refractivity contribution in [1.29, 1.82) is 0 Å². The van der Waals surface area contributed by atoms with Gasteiger partial charge in [0.05, 0.1) is 6.26 Å². The van der Waals surface area contributed by atoms with Crippen LogP contribution in [0.5, 0.6) is 0 Å². The van der Waals surface area contributed by atoms with Crippen molar-refractivity contribution in [1.82, 2.24) is 0 Å². The van der Waals surface area contributed by atoms with Crippen molar-refractivity contribution < 1.29 is 9.15 Å². The van der Waals surface area contributed by atoms with Crippen molar-refractivity contribution in [2.24, 2.45) is 5.73 Å². The fourth-order valence-corrected chi connectivity index (χ4v) is 1.59. The van der Waals surface area contributed by atoms with Crippen LogP contribution in [-0.4, -0.2) is 6.61 Å². The third kappa shape index (κ3) is 5.33. The lowest BCUT2D eigenvalue weighted by atomic mass is 10.2.